The third-order valence-electron chi connectivity index (χ3n) is 1.65. The molecule has 0 spiro atoms. The van der Waals surface area contributed by atoms with Crippen molar-refractivity contribution in [3.8, 4) is 0 Å². The van der Waals surface area contributed by atoms with Gasteiger partial charge in [-0.2, -0.15) is 5.10 Å². The maximum absolute atomic E-state index is 10.6. The zero-order valence-electron chi connectivity index (χ0n) is 5.57. The summed E-state index contributed by atoms with van der Waals surface area (Å²) in [6.45, 7) is 0. The van der Waals surface area contributed by atoms with E-state index >= 15 is 0 Å². The summed E-state index contributed by atoms with van der Waals surface area (Å²) in [5.74, 6) is -0.0781. The normalized spacial score (nSPS) is 21.6. The summed E-state index contributed by atoms with van der Waals surface area (Å²) < 4.78 is 0. The van der Waals surface area contributed by atoms with Crippen LogP contribution in [0.2, 0.25) is 0 Å². The highest BCUT2D eigenvalue weighted by Crippen LogP contribution is 2.40. The Morgan fingerprint density at radius 1 is 1.91 bits per heavy atom. The minimum absolute atomic E-state index is 0.413. The molecule has 1 atom stereocenters. The first kappa shape index (κ1) is 6.72. The first-order valence-corrected chi connectivity index (χ1v) is 4.21. The Morgan fingerprint density at radius 3 is 3.45 bits per heavy atom. The zero-order chi connectivity index (χ0) is 7.84. The van der Waals surface area contributed by atoms with Crippen LogP contribution in [0, 0.1) is 0 Å². The Bertz CT molecular complexity index is 297. The Labute approximate surface area is 67.0 Å². The molecule has 4 nitrogen and oxygen atoms in total. The standard InChI is InChI=1S/C6H6N2O2S/c9-6(10)5-3-1-7-8-4(3)2-11-5/h1,5H,2H2,(H,7,8)(H,9,10). The number of nitrogens with zero attached hydrogens (tertiary/aromatic N) is 1. The van der Waals surface area contributed by atoms with E-state index in [-0.39, 0.29) is 0 Å². The molecule has 5 heteroatoms. The molecule has 2 rings (SSSR count). The van der Waals surface area contributed by atoms with Gasteiger partial charge in [0.05, 0.1) is 5.69 Å². The van der Waals surface area contributed by atoms with Crippen molar-refractivity contribution >= 4 is 17.7 Å². The molecule has 0 fully saturated rings. The topological polar surface area (TPSA) is 66.0 Å². The van der Waals surface area contributed by atoms with Crippen molar-refractivity contribution < 1.29 is 9.90 Å². The average Bonchev–Trinajstić information content (AvgIpc) is 2.41. The number of hydrogen-bond donors (Lipinski definition) is 2. The molecule has 0 radical (unpaired) electrons. The zero-order valence-corrected chi connectivity index (χ0v) is 6.39. The van der Waals surface area contributed by atoms with Crippen LogP contribution in [0.4, 0.5) is 0 Å². The van der Waals surface area contributed by atoms with Gasteiger partial charge in [0.1, 0.15) is 5.25 Å². The van der Waals surface area contributed by atoms with E-state index in [2.05, 4.69) is 10.2 Å². The number of H-pyrrole nitrogens is 1. The Hall–Kier alpha value is -0.970. The van der Waals surface area contributed by atoms with Crippen LogP contribution in [0.5, 0.6) is 0 Å². The van der Waals surface area contributed by atoms with E-state index in [1.807, 2.05) is 0 Å². The van der Waals surface area contributed by atoms with Crippen LogP contribution in [0.15, 0.2) is 6.20 Å². The number of aromatic amines is 1. The summed E-state index contributed by atoms with van der Waals surface area (Å²) in [7, 11) is 0. The third-order valence-corrected chi connectivity index (χ3v) is 2.88. The molecule has 0 aliphatic carbocycles. The molecule has 1 aliphatic heterocycles. The van der Waals surface area contributed by atoms with Crippen molar-refractivity contribution in [2.45, 2.75) is 11.0 Å². The molecule has 0 aromatic carbocycles. The van der Waals surface area contributed by atoms with Crippen LogP contribution in [0.25, 0.3) is 0 Å². The van der Waals surface area contributed by atoms with Crippen LogP contribution in [-0.2, 0) is 10.5 Å². The average molecular weight is 170 g/mol. The number of carboxylic acids is 1. The van der Waals surface area contributed by atoms with E-state index in [1.54, 1.807) is 6.20 Å². The molecule has 0 bridgehead atoms. The molecule has 2 heterocycles. The summed E-state index contributed by atoms with van der Waals surface area (Å²) in [6, 6.07) is 0. The van der Waals surface area contributed by atoms with Crippen molar-refractivity contribution in [3.63, 3.8) is 0 Å². The highest BCUT2D eigenvalue weighted by molar-refractivity contribution is 7.99. The molecule has 1 aromatic rings. The van der Waals surface area contributed by atoms with Crippen LogP contribution in [0.3, 0.4) is 0 Å². The number of aliphatic carboxylic acids is 1. The second kappa shape index (κ2) is 2.27. The lowest BCUT2D eigenvalue weighted by molar-refractivity contribution is -0.136. The number of nitrogens with one attached hydrogen (secondary N) is 1. The van der Waals surface area contributed by atoms with Gasteiger partial charge < -0.3 is 5.11 Å². The number of carboxylic acid groups (broad SMARTS) is 1. The quantitative estimate of drug-likeness (QED) is 0.653. The van der Waals surface area contributed by atoms with E-state index in [9.17, 15) is 4.79 Å². The SMILES string of the molecule is O=C(O)C1SCc2n[nH]cc21. The van der Waals surface area contributed by atoms with Gasteiger partial charge >= 0.3 is 5.97 Å². The van der Waals surface area contributed by atoms with Gasteiger partial charge in [0, 0.05) is 17.5 Å². The molecular weight excluding hydrogens is 164 g/mol. The monoisotopic (exact) mass is 170 g/mol. The first-order valence-electron chi connectivity index (χ1n) is 3.16. The smallest absolute Gasteiger partial charge is 0.321 e. The fourth-order valence-corrected chi connectivity index (χ4v) is 2.21. The number of hydrogen-bond acceptors (Lipinski definition) is 3. The van der Waals surface area contributed by atoms with E-state index in [0.717, 1.165) is 11.3 Å². The van der Waals surface area contributed by atoms with E-state index in [0.29, 0.717) is 5.75 Å². The molecule has 1 aliphatic rings. The fraction of sp³-hybridized carbons (Fsp3) is 0.333. The van der Waals surface area contributed by atoms with E-state index < -0.39 is 11.2 Å². The van der Waals surface area contributed by atoms with E-state index in [1.165, 1.54) is 11.8 Å². The first-order chi connectivity index (χ1) is 5.29. The Balaban J connectivity index is 2.38. The van der Waals surface area contributed by atoms with Crippen LogP contribution < -0.4 is 0 Å². The second-order valence-corrected chi connectivity index (χ2v) is 3.41. The largest absolute Gasteiger partial charge is 0.480 e. The third kappa shape index (κ3) is 0.920. The van der Waals surface area contributed by atoms with Crippen molar-refractivity contribution in [3.05, 3.63) is 17.5 Å². The van der Waals surface area contributed by atoms with Gasteiger partial charge in [-0.25, -0.2) is 0 Å². The summed E-state index contributed by atoms with van der Waals surface area (Å²) in [6.07, 6.45) is 1.66. The van der Waals surface area contributed by atoms with Crippen molar-refractivity contribution in [2.24, 2.45) is 0 Å². The van der Waals surface area contributed by atoms with Gasteiger partial charge in [0.15, 0.2) is 0 Å². The van der Waals surface area contributed by atoms with Crippen LogP contribution >= 0.6 is 11.8 Å². The van der Waals surface area contributed by atoms with Crippen molar-refractivity contribution in [1.82, 2.24) is 10.2 Å². The van der Waals surface area contributed by atoms with Gasteiger partial charge in [-0.1, -0.05) is 0 Å². The molecule has 58 valence electrons. The molecule has 0 saturated carbocycles. The predicted molar refractivity (Wildman–Crippen MR) is 40.3 cm³/mol. The lowest BCUT2D eigenvalue weighted by Gasteiger charge is -1.99. The minimum atomic E-state index is -0.782. The second-order valence-electron chi connectivity index (χ2n) is 2.32. The van der Waals surface area contributed by atoms with Crippen LogP contribution in [0.1, 0.15) is 16.5 Å². The fourth-order valence-electron chi connectivity index (χ4n) is 1.13. The summed E-state index contributed by atoms with van der Waals surface area (Å²) in [5.41, 5.74) is 1.70. The van der Waals surface area contributed by atoms with E-state index in [4.69, 9.17) is 5.11 Å². The van der Waals surface area contributed by atoms with Gasteiger partial charge in [-0.05, 0) is 0 Å². The number of carbonyl (C=O) groups is 1. The summed E-state index contributed by atoms with van der Waals surface area (Å²) in [5, 5.41) is 14.9. The Kier molecular flexibility index (Phi) is 1.38. The van der Waals surface area contributed by atoms with Crippen molar-refractivity contribution in [2.75, 3.05) is 0 Å². The number of thioether (sulfide) groups is 1. The molecule has 2 N–H and O–H groups in total. The number of aromatic nitrogens is 2. The lowest BCUT2D eigenvalue weighted by Crippen LogP contribution is -2.03. The van der Waals surface area contributed by atoms with Gasteiger partial charge in [-0.15, -0.1) is 11.8 Å². The van der Waals surface area contributed by atoms with Gasteiger partial charge in [0.25, 0.3) is 0 Å². The van der Waals surface area contributed by atoms with Gasteiger partial charge in [0.2, 0.25) is 0 Å². The summed E-state index contributed by atoms with van der Waals surface area (Å²) >= 11 is 1.40. The minimum Gasteiger partial charge on any atom is -0.480 e. The molecular formula is C6H6N2O2S. The highest BCUT2D eigenvalue weighted by atomic mass is 32.2. The van der Waals surface area contributed by atoms with Gasteiger partial charge in [-0.3, -0.25) is 9.89 Å². The highest BCUT2D eigenvalue weighted by Gasteiger charge is 2.30. The molecule has 0 amide bonds. The Morgan fingerprint density at radius 2 is 2.73 bits per heavy atom. The maximum Gasteiger partial charge on any atom is 0.321 e. The molecule has 0 saturated heterocycles. The maximum atomic E-state index is 10.6. The summed E-state index contributed by atoms with van der Waals surface area (Å²) in [4.78, 5) is 10.6. The van der Waals surface area contributed by atoms with Crippen LogP contribution in [-0.4, -0.2) is 21.3 Å². The molecule has 1 unspecified atom stereocenters. The molecule has 1 aromatic heterocycles. The predicted octanol–water partition coefficient (Wildman–Crippen LogP) is 0.782. The lowest BCUT2D eigenvalue weighted by atomic mass is 10.2. The number of rotatable bonds is 1. The van der Waals surface area contributed by atoms with Crippen molar-refractivity contribution in [1.29, 1.82) is 0 Å². The number of fused-ring (bicyclic) bond motifs is 1. The molecule has 11 heavy (non-hydrogen) atoms.